The Kier molecular flexibility index (Phi) is 6.99. The highest BCUT2D eigenvalue weighted by molar-refractivity contribution is 6.00. The van der Waals surface area contributed by atoms with Crippen LogP contribution in [0, 0.1) is 0 Å². The molecule has 0 spiro atoms. The van der Waals surface area contributed by atoms with E-state index in [0.717, 1.165) is 11.1 Å². The number of oxazole rings is 1. The van der Waals surface area contributed by atoms with Gasteiger partial charge in [0.25, 0.3) is 11.8 Å². The highest BCUT2D eigenvalue weighted by Gasteiger charge is 2.25. The van der Waals surface area contributed by atoms with Gasteiger partial charge in [0.2, 0.25) is 0 Å². The minimum absolute atomic E-state index is 0.135. The molecule has 7 nitrogen and oxygen atoms in total. The molecule has 0 aliphatic carbocycles. The SMILES string of the molecule is COc1ccc(C(=O)N=c2oc(-c3ccccc3)c(-c3ccccc3)n2C(=O)c2ccc(OC)cc2)cc1. The third-order valence-corrected chi connectivity index (χ3v) is 5.98. The van der Waals surface area contributed by atoms with Gasteiger partial charge in [0.1, 0.15) is 17.2 Å². The van der Waals surface area contributed by atoms with E-state index in [1.165, 1.54) is 4.57 Å². The Bertz CT molecular complexity index is 1630. The Hall–Kier alpha value is -5.17. The first kappa shape index (κ1) is 24.5. The molecule has 4 aromatic carbocycles. The molecule has 0 saturated heterocycles. The largest absolute Gasteiger partial charge is 0.497 e. The molecule has 0 bridgehead atoms. The van der Waals surface area contributed by atoms with Crippen molar-refractivity contribution in [3.63, 3.8) is 0 Å². The summed E-state index contributed by atoms with van der Waals surface area (Å²) in [7, 11) is 3.11. The van der Waals surface area contributed by atoms with Crippen LogP contribution in [0.15, 0.2) is 119 Å². The number of carbonyl (C=O) groups excluding carboxylic acids is 2. The molecule has 188 valence electrons. The number of amides is 1. The fraction of sp³-hybridized carbons (Fsp3) is 0.0645. The fourth-order valence-electron chi connectivity index (χ4n) is 4.03. The lowest BCUT2D eigenvalue weighted by Gasteiger charge is -2.09. The first-order chi connectivity index (χ1) is 18.6. The van der Waals surface area contributed by atoms with Crippen LogP contribution in [0.1, 0.15) is 20.7 Å². The highest BCUT2D eigenvalue weighted by Crippen LogP contribution is 2.32. The Morgan fingerprint density at radius 3 is 1.68 bits per heavy atom. The van der Waals surface area contributed by atoms with Crippen LogP contribution in [0.3, 0.4) is 0 Å². The number of nitrogens with zero attached hydrogens (tertiary/aromatic N) is 2. The van der Waals surface area contributed by atoms with Crippen LogP contribution in [0.5, 0.6) is 11.5 Å². The van der Waals surface area contributed by atoms with E-state index in [4.69, 9.17) is 13.9 Å². The number of ether oxygens (including phenoxy) is 2. The maximum atomic E-state index is 14.0. The molecule has 38 heavy (non-hydrogen) atoms. The van der Waals surface area contributed by atoms with E-state index in [1.807, 2.05) is 60.7 Å². The smallest absolute Gasteiger partial charge is 0.313 e. The number of hydrogen-bond acceptors (Lipinski definition) is 5. The summed E-state index contributed by atoms with van der Waals surface area (Å²) >= 11 is 0. The van der Waals surface area contributed by atoms with Crippen molar-refractivity contribution in [1.82, 2.24) is 4.57 Å². The number of carbonyl (C=O) groups is 2. The van der Waals surface area contributed by atoms with Gasteiger partial charge >= 0.3 is 5.68 Å². The van der Waals surface area contributed by atoms with E-state index in [-0.39, 0.29) is 5.68 Å². The summed E-state index contributed by atoms with van der Waals surface area (Å²) in [4.78, 5) is 31.4. The van der Waals surface area contributed by atoms with Gasteiger partial charge in [-0.15, -0.1) is 0 Å². The van der Waals surface area contributed by atoms with Crippen LogP contribution in [0.4, 0.5) is 0 Å². The van der Waals surface area contributed by atoms with Crippen LogP contribution in [-0.2, 0) is 0 Å². The summed E-state index contributed by atoms with van der Waals surface area (Å²) in [5, 5.41) is 0. The second-order valence-electron chi connectivity index (χ2n) is 8.31. The highest BCUT2D eigenvalue weighted by atomic mass is 16.5. The average Bonchev–Trinajstić information content (AvgIpc) is 3.36. The number of benzene rings is 4. The van der Waals surface area contributed by atoms with Crippen LogP contribution < -0.4 is 15.2 Å². The van der Waals surface area contributed by atoms with Crippen molar-refractivity contribution in [1.29, 1.82) is 0 Å². The summed E-state index contributed by atoms with van der Waals surface area (Å²) < 4.78 is 18.0. The molecule has 5 aromatic rings. The van der Waals surface area contributed by atoms with Gasteiger partial charge < -0.3 is 13.9 Å². The van der Waals surface area contributed by atoms with E-state index >= 15 is 0 Å². The summed E-state index contributed by atoms with van der Waals surface area (Å²) in [6, 6.07) is 32.1. The lowest BCUT2D eigenvalue weighted by atomic mass is 10.1. The van der Waals surface area contributed by atoms with Crippen LogP contribution in [0.2, 0.25) is 0 Å². The van der Waals surface area contributed by atoms with E-state index in [2.05, 4.69) is 4.99 Å². The Balaban J connectivity index is 1.76. The molecule has 1 heterocycles. The number of rotatable bonds is 6. The van der Waals surface area contributed by atoms with E-state index < -0.39 is 11.8 Å². The van der Waals surface area contributed by atoms with Crippen molar-refractivity contribution in [3.8, 4) is 34.1 Å². The van der Waals surface area contributed by atoms with Gasteiger partial charge in [0, 0.05) is 22.3 Å². The Labute approximate surface area is 219 Å². The van der Waals surface area contributed by atoms with Crippen molar-refractivity contribution in [2.24, 2.45) is 4.99 Å². The maximum Gasteiger partial charge on any atom is 0.313 e. The van der Waals surface area contributed by atoms with Crippen LogP contribution in [-0.4, -0.2) is 30.6 Å². The monoisotopic (exact) mass is 504 g/mol. The molecule has 1 amide bonds. The molecule has 0 unspecified atom stereocenters. The van der Waals surface area contributed by atoms with Gasteiger partial charge in [0.05, 0.1) is 14.2 Å². The van der Waals surface area contributed by atoms with Crippen LogP contribution in [0.25, 0.3) is 22.6 Å². The van der Waals surface area contributed by atoms with Gasteiger partial charge in [0.15, 0.2) is 5.76 Å². The zero-order valence-electron chi connectivity index (χ0n) is 20.8. The van der Waals surface area contributed by atoms with Crippen molar-refractivity contribution < 1.29 is 23.5 Å². The van der Waals surface area contributed by atoms with Crippen molar-refractivity contribution >= 4 is 11.8 Å². The number of aromatic nitrogens is 1. The van der Waals surface area contributed by atoms with Gasteiger partial charge in [-0.2, -0.15) is 4.99 Å². The predicted octanol–water partition coefficient (Wildman–Crippen LogP) is 5.86. The zero-order chi connectivity index (χ0) is 26.5. The van der Waals surface area contributed by atoms with E-state index in [1.54, 1.807) is 62.8 Å². The number of hydrogen-bond donors (Lipinski definition) is 0. The normalized spacial score (nSPS) is 11.3. The van der Waals surface area contributed by atoms with E-state index in [9.17, 15) is 9.59 Å². The molecular weight excluding hydrogens is 480 g/mol. The Morgan fingerprint density at radius 1 is 0.658 bits per heavy atom. The summed E-state index contributed by atoms with van der Waals surface area (Å²) in [6.45, 7) is 0. The average molecular weight is 505 g/mol. The van der Waals surface area contributed by atoms with Gasteiger partial charge in [-0.25, -0.2) is 4.57 Å². The first-order valence-corrected chi connectivity index (χ1v) is 11.9. The summed E-state index contributed by atoms with van der Waals surface area (Å²) in [6.07, 6.45) is 0. The summed E-state index contributed by atoms with van der Waals surface area (Å²) in [5.74, 6) is 0.684. The van der Waals surface area contributed by atoms with Gasteiger partial charge in [-0.05, 0) is 48.5 Å². The van der Waals surface area contributed by atoms with E-state index in [0.29, 0.717) is 34.1 Å². The maximum absolute atomic E-state index is 14.0. The van der Waals surface area contributed by atoms with Crippen LogP contribution >= 0.6 is 0 Å². The Morgan fingerprint density at radius 2 is 1.16 bits per heavy atom. The molecule has 0 atom stereocenters. The molecule has 5 rings (SSSR count). The molecule has 0 N–H and O–H groups in total. The minimum Gasteiger partial charge on any atom is -0.497 e. The molecular formula is C31H24N2O5. The third kappa shape index (κ3) is 4.90. The topological polar surface area (TPSA) is 83.0 Å². The first-order valence-electron chi connectivity index (χ1n) is 11.9. The third-order valence-electron chi connectivity index (χ3n) is 5.98. The molecule has 0 radical (unpaired) electrons. The second kappa shape index (κ2) is 10.8. The van der Waals surface area contributed by atoms with Crippen molar-refractivity contribution in [2.45, 2.75) is 0 Å². The lowest BCUT2D eigenvalue weighted by Crippen LogP contribution is -2.26. The van der Waals surface area contributed by atoms with Gasteiger partial charge in [-0.1, -0.05) is 60.7 Å². The molecule has 0 saturated carbocycles. The zero-order valence-corrected chi connectivity index (χ0v) is 20.8. The standard InChI is InChI=1S/C31H24N2O5/c1-36-25-17-13-23(14-18-25)29(34)32-31-33(30(35)24-15-19-26(37-2)20-16-24)27(21-9-5-3-6-10-21)28(38-31)22-11-7-4-8-12-22/h3-20H,1-2H3. The second-order valence-corrected chi connectivity index (χ2v) is 8.31. The van der Waals surface area contributed by atoms with Crippen molar-refractivity contribution in [2.75, 3.05) is 14.2 Å². The minimum atomic E-state index is -0.558. The van der Waals surface area contributed by atoms with Gasteiger partial charge in [-0.3, -0.25) is 9.59 Å². The molecule has 7 heteroatoms. The quantitative estimate of drug-likeness (QED) is 0.289. The van der Waals surface area contributed by atoms with Crippen molar-refractivity contribution in [3.05, 3.63) is 126 Å². The number of methoxy groups -OCH3 is 2. The summed E-state index contributed by atoms with van der Waals surface area (Å²) in [5.41, 5.74) is 2.52. The molecule has 0 aliphatic heterocycles. The predicted molar refractivity (Wildman–Crippen MR) is 143 cm³/mol. The molecule has 0 fully saturated rings. The lowest BCUT2D eigenvalue weighted by molar-refractivity contribution is 0.0949. The fourth-order valence-corrected chi connectivity index (χ4v) is 4.03. The molecule has 1 aromatic heterocycles. The molecule has 0 aliphatic rings.